The summed E-state index contributed by atoms with van der Waals surface area (Å²) in [5, 5.41) is 1.04. The van der Waals surface area contributed by atoms with Crippen molar-refractivity contribution in [3.63, 3.8) is 0 Å². The number of fused-ring (bicyclic) bond motifs is 1. The first-order valence-corrected chi connectivity index (χ1v) is 10.6. The second-order valence-electron chi connectivity index (χ2n) is 7.05. The van der Waals surface area contributed by atoms with E-state index < -0.39 is 0 Å². The van der Waals surface area contributed by atoms with E-state index in [0.717, 1.165) is 0 Å². The molecule has 0 spiro atoms. The highest BCUT2D eigenvalue weighted by Gasteiger charge is 2.28. The fourth-order valence-electron chi connectivity index (χ4n) is 3.42. The first-order valence-electron chi connectivity index (χ1n) is 9.89. The number of hydrogen-bond acceptors (Lipinski definition) is 6. The summed E-state index contributed by atoms with van der Waals surface area (Å²) in [6, 6.07) is 13.8. The van der Waals surface area contributed by atoms with Crippen LogP contribution in [0, 0.1) is 0 Å². The molecule has 8 heteroatoms. The summed E-state index contributed by atoms with van der Waals surface area (Å²) in [5.41, 5.74) is 1.78. The summed E-state index contributed by atoms with van der Waals surface area (Å²) >= 11 is 12.4. The second-order valence-corrected chi connectivity index (χ2v) is 7.86. The van der Waals surface area contributed by atoms with Crippen LogP contribution in [0.5, 0.6) is 28.7 Å². The van der Waals surface area contributed by atoms with E-state index in [-0.39, 0.29) is 18.1 Å². The van der Waals surface area contributed by atoms with Crippen LogP contribution in [0.2, 0.25) is 10.0 Å². The van der Waals surface area contributed by atoms with E-state index in [1.165, 1.54) is 21.3 Å². The van der Waals surface area contributed by atoms with Crippen LogP contribution in [0.1, 0.15) is 21.5 Å². The van der Waals surface area contributed by atoms with Crippen LogP contribution in [-0.2, 0) is 6.61 Å². The quantitative estimate of drug-likeness (QED) is 0.369. The molecule has 0 fully saturated rings. The molecule has 1 heterocycles. The van der Waals surface area contributed by atoms with Gasteiger partial charge in [0.15, 0.2) is 17.3 Å². The number of halogens is 2. The molecule has 33 heavy (non-hydrogen) atoms. The minimum Gasteiger partial charge on any atom is -0.493 e. The normalized spacial score (nSPS) is 13.5. The molecule has 0 bridgehead atoms. The summed E-state index contributed by atoms with van der Waals surface area (Å²) in [5.74, 6) is 2.27. The largest absolute Gasteiger partial charge is 0.493 e. The molecule has 170 valence electrons. The third-order valence-corrected chi connectivity index (χ3v) is 5.78. The zero-order valence-corrected chi connectivity index (χ0v) is 19.6. The molecular weight excluding hydrogens is 467 g/mol. The van der Waals surface area contributed by atoms with Crippen LogP contribution in [0.15, 0.2) is 54.3 Å². The third-order valence-electron chi connectivity index (χ3n) is 5.07. The predicted octanol–water partition coefficient (Wildman–Crippen LogP) is 6.21. The van der Waals surface area contributed by atoms with Crippen LogP contribution in [0.3, 0.4) is 0 Å². The van der Waals surface area contributed by atoms with Gasteiger partial charge in [-0.15, -0.1) is 0 Å². The lowest BCUT2D eigenvalue weighted by Gasteiger charge is -2.13. The SMILES string of the molecule is COc1cc(/C=C2\Oc3cc(OCc4c(Cl)cccc4Cl)ccc3C2=O)cc(OC)c1OC. The maximum absolute atomic E-state index is 12.9. The Bertz CT molecular complexity index is 1210. The summed E-state index contributed by atoms with van der Waals surface area (Å²) < 4.78 is 27.7. The highest BCUT2D eigenvalue weighted by atomic mass is 35.5. The lowest BCUT2D eigenvalue weighted by atomic mass is 10.1. The van der Waals surface area contributed by atoms with Gasteiger partial charge in [0.25, 0.3) is 0 Å². The van der Waals surface area contributed by atoms with Gasteiger partial charge in [-0.1, -0.05) is 29.3 Å². The molecular formula is C25H20Cl2O6. The number of Topliss-reactive ketones (excluding diaryl/α,β-unsaturated/α-hetero) is 1. The van der Waals surface area contributed by atoms with Gasteiger partial charge in [-0.25, -0.2) is 0 Å². The Morgan fingerprint density at radius 1 is 0.909 bits per heavy atom. The number of methoxy groups -OCH3 is 3. The van der Waals surface area contributed by atoms with Crippen molar-refractivity contribution >= 4 is 35.1 Å². The van der Waals surface area contributed by atoms with Gasteiger partial charge in [0.2, 0.25) is 11.5 Å². The van der Waals surface area contributed by atoms with Gasteiger partial charge in [0.05, 0.1) is 26.9 Å². The van der Waals surface area contributed by atoms with Crippen LogP contribution in [0.25, 0.3) is 6.08 Å². The zero-order valence-electron chi connectivity index (χ0n) is 18.1. The molecule has 0 aliphatic carbocycles. The predicted molar refractivity (Wildman–Crippen MR) is 126 cm³/mol. The molecule has 0 N–H and O–H groups in total. The van der Waals surface area contributed by atoms with E-state index in [9.17, 15) is 4.79 Å². The average Bonchev–Trinajstić information content (AvgIpc) is 3.12. The number of ether oxygens (including phenoxy) is 5. The van der Waals surface area contributed by atoms with E-state index in [4.69, 9.17) is 46.9 Å². The Hall–Kier alpha value is -3.35. The van der Waals surface area contributed by atoms with Crippen LogP contribution >= 0.6 is 23.2 Å². The molecule has 1 aliphatic heterocycles. The topological polar surface area (TPSA) is 63.2 Å². The third kappa shape index (κ3) is 4.58. The molecule has 0 saturated carbocycles. The fraction of sp³-hybridized carbons (Fsp3) is 0.160. The van der Waals surface area contributed by atoms with Gasteiger partial charge >= 0.3 is 0 Å². The van der Waals surface area contributed by atoms with E-state index >= 15 is 0 Å². The van der Waals surface area contributed by atoms with Crippen LogP contribution in [-0.4, -0.2) is 27.1 Å². The molecule has 1 aliphatic rings. The Kier molecular flexibility index (Phi) is 6.67. The molecule has 4 rings (SSSR count). The molecule has 3 aromatic rings. The minimum atomic E-state index is -0.237. The van der Waals surface area contributed by atoms with Gasteiger partial charge in [0.1, 0.15) is 18.1 Å². The number of carbonyl (C=O) groups excluding carboxylic acids is 1. The number of rotatable bonds is 7. The first-order chi connectivity index (χ1) is 15.9. The molecule has 3 aromatic carbocycles. The van der Waals surface area contributed by atoms with Crippen molar-refractivity contribution < 1.29 is 28.5 Å². The Morgan fingerprint density at radius 2 is 1.58 bits per heavy atom. The standard InChI is InChI=1S/C25H20Cl2O6/c1-29-22-10-14(11-23(30-2)25(22)31-3)9-21-24(28)16-8-7-15(12-20(16)33-21)32-13-17-18(26)5-4-6-19(17)27/h4-12H,13H2,1-3H3/b21-9-. The number of benzene rings is 3. The Balaban J connectivity index is 1.57. The van der Waals surface area contributed by atoms with Gasteiger partial charge < -0.3 is 23.7 Å². The number of allylic oxidation sites excluding steroid dienone is 1. The van der Waals surface area contributed by atoms with Gasteiger partial charge in [0, 0.05) is 21.7 Å². The maximum atomic E-state index is 12.9. The summed E-state index contributed by atoms with van der Waals surface area (Å²) in [6.45, 7) is 0.180. The van der Waals surface area contributed by atoms with Gasteiger partial charge in [-0.2, -0.15) is 0 Å². The second kappa shape index (κ2) is 9.65. The first kappa shape index (κ1) is 22.8. The van der Waals surface area contributed by atoms with E-state index in [1.54, 1.807) is 54.6 Å². The minimum absolute atomic E-state index is 0.172. The summed E-state index contributed by atoms with van der Waals surface area (Å²) in [6.07, 6.45) is 1.62. The van der Waals surface area contributed by atoms with Crippen molar-refractivity contribution in [1.29, 1.82) is 0 Å². The molecule has 6 nitrogen and oxygen atoms in total. The number of ketones is 1. The van der Waals surface area contributed by atoms with Crippen LogP contribution < -0.4 is 23.7 Å². The molecule has 0 amide bonds. The highest BCUT2D eigenvalue weighted by Crippen LogP contribution is 2.40. The zero-order chi connectivity index (χ0) is 23.5. The summed E-state index contributed by atoms with van der Waals surface area (Å²) in [7, 11) is 4.58. The number of hydrogen-bond donors (Lipinski definition) is 0. The Morgan fingerprint density at radius 3 is 2.18 bits per heavy atom. The smallest absolute Gasteiger partial charge is 0.231 e. The fourth-order valence-corrected chi connectivity index (χ4v) is 3.93. The van der Waals surface area contributed by atoms with Crippen molar-refractivity contribution in [2.24, 2.45) is 0 Å². The van der Waals surface area contributed by atoms with Crippen molar-refractivity contribution in [3.05, 3.63) is 81.0 Å². The van der Waals surface area contributed by atoms with Crippen LogP contribution in [0.4, 0.5) is 0 Å². The lowest BCUT2D eigenvalue weighted by molar-refractivity contribution is 0.101. The molecule has 0 unspecified atom stereocenters. The van der Waals surface area contributed by atoms with Crippen molar-refractivity contribution in [1.82, 2.24) is 0 Å². The highest BCUT2D eigenvalue weighted by molar-refractivity contribution is 6.35. The lowest BCUT2D eigenvalue weighted by Crippen LogP contribution is -1.99. The van der Waals surface area contributed by atoms with E-state index in [0.29, 0.717) is 55.5 Å². The molecule has 0 radical (unpaired) electrons. The van der Waals surface area contributed by atoms with Crippen molar-refractivity contribution in [3.8, 4) is 28.7 Å². The molecule has 0 atom stereocenters. The monoisotopic (exact) mass is 486 g/mol. The maximum Gasteiger partial charge on any atom is 0.231 e. The van der Waals surface area contributed by atoms with Crippen molar-refractivity contribution in [2.75, 3.05) is 21.3 Å². The molecule has 0 saturated heterocycles. The van der Waals surface area contributed by atoms with Gasteiger partial charge in [-0.05, 0) is 48.0 Å². The summed E-state index contributed by atoms with van der Waals surface area (Å²) in [4.78, 5) is 12.9. The van der Waals surface area contributed by atoms with Crippen molar-refractivity contribution in [2.45, 2.75) is 6.61 Å². The average molecular weight is 487 g/mol. The van der Waals surface area contributed by atoms with E-state index in [2.05, 4.69) is 0 Å². The molecule has 0 aromatic heterocycles. The Labute approximate surface area is 201 Å². The van der Waals surface area contributed by atoms with Gasteiger partial charge in [-0.3, -0.25) is 4.79 Å². The van der Waals surface area contributed by atoms with E-state index in [1.807, 2.05) is 0 Å². The number of carbonyl (C=O) groups is 1.